The third-order valence-corrected chi connectivity index (χ3v) is 6.98. The van der Waals surface area contributed by atoms with E-state index in [9.17, 15) is 5.11 Å². The predicted molar refractivity (Wildman–Crippen MR) is 86.0 cm³/mol. The standard InChI is InChI=1S/C18H24N2O3/c1-20-8-7-17-14-10-3-4-12(22-2)15(14)23-16(17)11(19)5-6-18(17,21)13(20)9-10/h3-4,11,13,16,21H,5-9,19H2,1-2H3/t11?,13-,16+,17+,18-/m0/s1. The first-order chi connectivity index (χ1) is 11.0. The van der Waals surface area contributed by atoms with E-state index in [0.717, 1.165) is 43.7 Å². The highest BCUT2D eigenvalue weighted by molar-refractivity contribution is 5.63. The Labute approximate surface area is 136 Å². The van der Waals surface area contributed by atoms with Gasteiger partial charge in [-0.05, 0) is 50.9 Å². The van der Waals surface area contributed by atoms with Crippen molar-refractivity contribution in [2.45, 2.75) is 54.9 Å². The molecule has 4 aliphatic rings. The van der Waals surface area contributed by atoms with Gasteiger partial charge in [0.25, 0.3) is 0 Å². The van der Waals surface area contributed by atoms with Gasteiger partial charge in [-0.3, -0.25) is 0 Å². The van der Waals surface area contributed by atoms with Crippen LogP contribution in [0.25, 0.3) is 0 Å². The first-order valence-corrected chi connectivity index (χ1v) is 8.58. The number of ether oxygens (including phenoxy) is 2. The normalized spacial score (nSPS) is 43.7. The Bertz CT molecular complexity index is 693. The number of benzene rings is 1. The lowest BCUT2D eigenvalue weighted by Gasteiger charge is -2.63. The van der Waals surface area contributed by atoms with Crippen LogP contribution in [0.15, 0.2) is 12.1 Å². The largest absolute Gasteiger partial charge is 0.493 e. The minimum atomic E-state index is -0.759. The minimum absolute atomic E-state index is 0.0395. The van der Waals surface area contributed by atoms with Gasteiger partial charge >= 0.3 is 0 Å². The van der Waals surface area contributed by atoms with Gasteiger partial charge in [-0.25, -0.2) is 0 Å². The van der Waals surface area contributed by atoms with E-state index < -0.39 is 5.60 Å². The lowest BCUT2D eigenvalue weighted by Crippen LogP contribution is -2.77. The van der Waals surface area contributed by atoms with E-state index in [-0.39, 0.29) is 23.6 Å². The van der Waals surface area contributed by atoms with E-state index in [2.05, 4.69) is 18.0 Å². The second kappa shape index (κ2) is 4.21. The van der Waals surface area contributed by atoms with Gasteiger partial charge in [0.15, 0.2) is 11.5 Å². The number of likely N-dealkylation sites (N-methyl/N-ethyl adjacent to an activating group) is 1. The third kappa shape index (κ3) is 1.37. The van der Waals surface area contributed by atoms with Crippen molar-refractivity contribution < 1.29 is 14.6 Å². The van der Waals surface area contributed by atoms with E-state index in [1.54, 1.807) is 7.11 Å². The molecule has 1 aromatic carbocycles. The molecule has 2 bridgehead atoms. The Kier molecular flexibility index (Phi) is 2.57. The monoisotopic (exact) mass is 316 g/mol. The summed E-state index contributed by atoms with van der Waals surface area (Å²) >= 11 is 0. The summed E-state index contributed by atoms with van der Waals surface area (Å²) in [5, 5.41) is 11.8. The van der Waals surface area contributed by atoms with Crippen molar-refractivity contribution in [3.05, 3.63) is 23.3 Å². The molecule has 1 saturated heterocycles. The number of likely N-dealkylation sites (tertiary alicyclic amines) is 1. The molecular formula is C18H24N2O3. The van der Waals surface area contributed by atoms with E-state index in [1.165, 1.54) is 11.1 Å². The molecule has 3 N–H and O–H groups in total. The highest BCUT2D eigenvalue weighted by Gasteiger charge is 2.72. The molecule has 5 nitrogen and oxygen atoms in total. The summed E-state index contributed by atoms with van der Waals surface area (Å²) in [5.74, 6) is 1.59. The van der Waals surface area contributed by atoms with Crippen LogP contribution in [0.4, 0.5) is 0 Å². The molecule has 2 aliphatic heterocycles. The van der Waals surface area contributed by atoms with E-state index >= 15 is 0 Å². The molecule has 1 unspecified atom stereocenters. The van der Waals surface area contributed by atoms with E-state index in [1.807, 2.05) is 6.07 Å². The highest BCUT2D eigenvalue weighted by atomic mass is 16.5. The van der Waals surface area contributed by atoms with Crippen LogP contribution in [-0.2, 0) is 11.8 Å². The van der Waals surface area contributed by atoms with Crippen molar-refractivity contribution in [3.8, 4) is 11.5 Å². The lowest BCUT2D eigenvalue weighted by molar-refractivity contribution is -0.184. The molecule has 2 aliphatic carbocycles. The Morgan fingerprint density at radius 2 is 2.22 bits per heavy atom. The zero-order chi connectivity index (χ0) is 16.0. The number of aliphatic hydroxyl groups is 1. The molecule has 5 atom stereocenters. The number of hydrogen-bond acceptors (Lipinski definition) is 5. The van der Waals surface area contributed by atoms with E-state index in [4.69, 9.17) is 15.2 Å². The topological polar surface area (TPSA) is 68.0 Å². The lowest BCUT2D eigenvalue weighted by atomic mass is 9.48. The summed E-state index contributed by atoms with van der Waals surface area (Å²) < 4.78 is 11.9. The summed E-state index contributed by atoms with van der Waals surface area (Å²) in [6, 6.07) is 4.24. The molecule has 1 spiro atoms. The minimum Gasteiger partial charge on any atom is -0.493 e. The predicted octanol–water partition coefficient (Wildman–Crippen LogP) is 0.806. The first-order valence-electron chi connectivity index (χ1n) is 8.58. The Hall–Kier alpha value is -1.30. The Morgan fingerprint density at radius 3 is 3.00 bits per heavy atom. The third-order valence-electron chi connectivity index (χ3n) is 6.98. The van der Waals surface area contributed by atoms with Crippen LogP contribution in [0.1, 0.15) is 30.4 Å². The Balaban J connectivity index is 1.84. The molecule has 2 fully saturated rings. The van der Waals surface area contributed by atoms with Crippen molar-refractivity contribution in [1.29, 1.82) is 0 Å². The van der Waals surface area contributed by atoms with Crippen LogP contribution in [0.2, 0.25) is 0 Å². The van der Waals surface area contributed by atoms with Crippen LogP contribution in [0.5, 0.6) is 11.5 Å². The summed E-state index contributed by atoms with van der Waals surface area (Å²) in [5.41, 5.74) is 7.80. The number of piperidine rings is 1. The summed E-state index contributed by atoms with van der Waals surface area (Å²) in [6.07, 6.45) is 3.16. The molecule has 124 valence electrons. The van der Waals surface area contributed by atoms with Gasteiger partial charge in [0.1, 0.15) is 6.10 Å². The zero-order valence-electron chi connectivity index (χ0n) is 13.7. The van der Waals surface area contributed by atoms with Crippen molar-refractivity contribution in [3.63, 3.8) is 0 Å². The molecule has 5 heteroatoms. The SMILES string of the molecule is COc1ccc2c3c1O[C@@H]1C(N)CC[C@]4(O)[C@H](C2)N(C)CC[C@@]314. The number of nitrogens with zero attached hydrogens (tertiary/aromatic N) is 1. The molecular weight excluding hydrogens is 292 g/mol. The maximum atomic E-state index is 11.8. The fourth-order valence-corrected chi connectivity index (χ4v) is 5.94. The van der Waals surface area contributed by atoms with E-state index in [0.29, 0.717) is 0 Å². The number of hydrogen-bond donors (Lipinski definition) is 2. The number of nitrogens with two attached hydrogens (primary N) is 1. The first kappa shape index (κ1) is 14.1. The average Bonchev–Trinajstić information content (AvgIpc) is 2.90. The number of methoxy groups -OCH3 is 1. The molecule has 1 aromatic rings. The van der Waals surface area contributed by atoms with Crippen LogP contribution in [-0.4, -0.2) is 54.5 Å². The maximum Gasteiger partial charge on any atom is 0.165 e. The van der Waals surface area contributed by atoms with Crippen molar-refractivity contribution in [2.75, 3.05) is 20.7 Å². The molecule has 23 heavy (non-hydrogen) atoms. The zero-order valence-corrected chi connectivity index (χ0v) is 13.7. The molecule has 0 amide bonds. The van der Waals surface area contributed by atoms with Crippen LogP contribution in [0, 0.1) is 0 Å². The van der Waals surface area contributed by atoms with Gasteiger partial charge < -0.3 is 25.2 Å². The van der Waals surface area contributed by atoms with Crippen LogP contribution in [0.3, 0.4) is 0 Å². The average molecular weight is 316 g/mol. The van der Waals surface area contributed by atoms with Crippen molar-refractivity contribution in [1.82, 2.24) is 4.90 Å². The summed E-state index contributed by atoms with van der Waals surface area (Å²) in [4.78, 5) is 2.32. The van der Waals surface area contributed by atoms with Gasteiger partial charge in [0.05, 0.1) is 18.1 Å². The second-order valence-corrected chi connectivity index (χ2v) is 7.72. The number of rotatable bonds is 1. The second-order valence-electron chi connectivity index (χ2n) is 7.72. The van der Waals surface area contributed by atoms with Gasteiger partial charge in [-0.15, -0.1) is 0 Å². The quantitative estimate of drug-likeness (QED) is 0.802. The van der Waals surface area contributed by atoms with Gasteiger partial charge in [-0.1, -0.05) is 6.07 Å². The molecule has 0 radical (unpaired) electrons. The maximum absolute atomic E-state index is 11.8. The Morgan fingerprint density at radius 1 is 1.39 bits per heavy atom. The van der Waals surface area contributed by atoms with Crippen LogP contribution >= 0.6 is 0 Å². The van der Waals surface area contributed by atoms with Crippen LogP contribution < -0.4 is 15.2 Å². The van der Waals surface area contributed by atoms with Gasteiger partial charge in [0.2, 0.25) is 0 Å². The highest BCUT2D eigenvalue weighted by Crippen LogP contribution is 2.65. The van der Waals surface area contributed by atoms with Gasteiger partial charge in [0, 0.05) is 17.6 Å². The molecule has 1 saturated carbocycles. The molecule has 2 heterocycles. The van der Waals surface area contributed by atoms with Crippen molar-refractivity contribution >= 4 is 0 Å². The smallest absolute Gasteiger partial charge is 0.165 e. The fourth-order valence-electron chi connectivity index (χ4n) is 5.94. The molecule has 0 aromatic heterocycles. The summed E-state index contributed by atoms with van der Waals surface area (Å²) in [6.45, 7) is 0.968. The molecule has 5 rings (SSSR count). The van der Waals surface area contributed by atoms with Gasteiger partial charge in [-0.2, -0.15) is 0 Å². The fraction of sp³-hybridized carbons (Fsp3) is 0.667. The summed E-state index contributed by atoms with van der Waals surface area (Å²) in [7, 11) is 3.80. The van der Waals surface area contributed by atoms with Crippen molar-refractivity contribution in [2.24, 2.45) is 5.73 Å².